The molecular formula is C15H18F3N5O. The first-order valence-electron chi connectivity index (χ1n) is 7.62. The highest BCUT2D eigenvalue weighted by atomic mass is 19.4. The van der Waals surface area contributed by atoms with Crippen molar-refractivity contribution in [3.8, 4) is 0 Å². The molecule has 1 fully saturated rings. The van der Waals surface area contributed by atoms with Gasteiger partial charge < -0.3 is 10.0 Å². The highest BCUT2D eigenvalue weighted by molar-refractivity contribution is 5.49. The van der Waals surface area contributed by atoms with Gasteiger partial charge in [0.25, 0.3) is 0 Å². The van der Waals surface area contributed by atoms with E-state index in [9.17, 15) is 18.3 Å². The number of anilines is 1. The van der Waals surface area contributed by atoms with E-state index in [0.717, 1.165) is 12.3 Å². The van der Waals surface area contributed by atoms with Gasteiger partial charge >= 0.3 is 6.18 Å². The van der Waals surface area contributed by atoms with Gasteiger partial charge in [0.2, 0.25) is 0 Å². The number of aromatic nitrogens is 4. The summed E-state index contributed by atoms with van der Waals surface area (Å²) in [6.45, 7) is 4.47. The summed E-state index contributed by atoms with van der Waals surface area (Å²) >= 11 is 0. The molecule has 0 bridgehead atoms. The van der Waals surface area contributed by atoms with Gasteiger partial charge in [0, 0.05) is 30.9 Å². The third kappa shape index (κ3) is 3.08. The summed E-state index contributed by atoms with van der Waals surface area (Å²) in [6, 6.07) is 2.62. The number of halogens is 3. The summed E-state index contributed by atoms with van der Waals surface area (Å²) in [5.41, 5.74) is -1.36. The Balaban J connectivity index is 1.82. The van der Waals surface area contributed by atoms with Gasteiger partial charge in [-0.25, -0.2) is 4.68 Å². The van der Waals surface area contributed by atoms with Crippen molar-refractivity contribution in [3.63, 3.8) is 0 Å². The molecule has 9 heteroatoms. The van der Waals surface area contributed by atoms with E-state index >= 15 is 0 Å². The van der Waals surface area contributed by atoms with Crippen LogP contribution in [-0.2, 0) is 11.8 Å². The summed E-state index contributed by atoms with van der Waals surface area (Å²) < 4.78 is 40.0. The van der Waals surface area contributed by atoms with E-state index < -0.39 is 17.5 Å². The van der Waals surface area contributed by atoms with E-state index in [1.807, 2.05) is 13.8 Å². The van der Waals surface area contributed by atoms with Crippen LogP contribution in [0, 0.1) is 0 Å². The van der Waals surface area contributed by atoms with Crippen LogP contribution in [-0.4, -0.2) is 38.2 Å². The molecule has 3 rings (SSSR count). The molecule has 0 unspecified atom stereocenters. The van der Waals surface area contributed by atoms with Gasteiger partial charge in [-0.15, -0.1) is 5.10 Å². The molecule has 1 aliphatic rings. The van der Waals surface area contributed by atoms with Crippen LogP contribution in [0.2, 0.25) is 0 Å². The van der Waals surface area contributed by atoms with Crippen molar-refractivity contribution < 1.29 is 18.3 Å². The minimum Gasteiger partial charge on any atom is -0.381 e. The molecule has 6 nitrogen and oxygen atoms in total. The number of aliphatic hydroxyl groups is 1. The Morgan fingerprint density at radius 1 is 1.33 bits per heavy atom. The number of nitrogens with zero attached hydrogens (tertiary/aromatic N) is 5. The average Bonchev–Trinajstić information content (AvgIpc) is 3.14. The van der Waals surface area contributed by atoms with Crippen molar-refractivity contribution in [1.29, 1.82) is 0 Å². The average molecular weight is 341 g/mol. The first kappa shape index (κ1) is 16.7. The van der Waals surface area contributed by atoms with E-state index in [2.05, 4.69) is 15.3 Å². The zero-order chi connectivity index (χ0) is 17.5. The van der Waals surface area contributed by atoms with E-state index in [1.165, 1.54) is 6.07 Å². The standard InChI is InChI=1S/C15H18F3N5O/c1-10(2)23-8-13(20-21-23)14(24)4-6-22(9-14)11-3-5-19-12(7-11)15(16,17)18/h3,5,7-8,10,24H,4,6,9H2,1-2H3/t14-/m1/s1. The number of rotatable bonds is 3. The SMILES string of the molecule is CC(C)n1cc([C@@]2(O)CCN(c3ccnc(C(F)(F)F)c3)C2)nn1. The lowest BCUT2D eigenvalue weighted by Gasteiger charge is -2.23. The highest BCUT2D eigenvalue weighted by Gasteiger charge is 2.41. The molecule has 2 aromatic rings. The van der Waals surface area contributed by atoms with Crippen molar-refractivity contribution in [2.75, 3.05) is 18.0 Å². The summed E-state index contributed by atoms with van der Waals surface area (Å²) in [5.74, 6) is 0. The molecule has 1 atom stereocenters. The molecule has 3 heterocycles. The Morgan fingerprint density at radius 2 is 2.08 bits per heavy atom. The molecule has 0 aliphatic carbocycles. The van der Waals surface area contributed by atoms with E-state index in [4.69, 9.17) is 0 Å². The third-order valence-corrected chi connectivity index (χ3v) is 4.16. The minimum atomic E-state index is -4.49. The van der Waals surface area contributed by atoms with Crippen molar-refractivity contribution in [2.45, 2.75) is 38.1 Å². The number of alkyl halides is 3. The third-order valence-electron chi connectivity index (χ3n) is 4.16. The van der Waals surface area contributed by atoms with Crippen molar-refractivity contribution in [1.82, 2.24) is 20.0 Å². The molecule has 1 aliphatic heterocycles. The molecule has 0 amide bonds. The maximum atomic E-state index is 12.8. The predicted octanol–water partition coefficient (Wildman–Crippen LogP) is 2.37. The number of β-amino-alcohol motifs (C(OH)–C–C–N with tert-alkyl or cyclic N) is 1. The Hall–Kier alpha value is -2.16. The predicted molar refractivity (Wildman–Crippen MR) is 80.4 cm³/mol. The summed E-state index contributed by atoms with van der Waals surface area (Å²) in [6.07, 6.45) is -1.31. The van der Waals surface area contributed by atoms with Gasteiger partial charge in [-0.2, -0.15) is 13.2 Å². The summed E-state index contributed by atoms with van der Waals surface area (Å²) in [4.78, 5) is 5.06. The van der Waals surface area contributed by atoms with Gasteiger partial charge in [-0.05, 0) is 26.0 Å². The fourth-order valence-electron chi connectivity index (χ4n) is 2.74. The Bertz CT molecular complexity index is 730. The van der Waals surface area contributed by atoms with E-state index in [-0.39, 0.29) is 12.6 Å². The number of pyridine rings is 1. The number of hydrogen-bond donors (Lipinski definition) is 1. The first-order valence-corrected chi connectivity index (χ1v) is 7.62. The van der Waals surface area contributed by atoms with Gasteiger partial charge in [0.15, 0.2) is 0 Å². The summed E-state index contributed by atoms with van der Waals surface area (Å²) in [5, 5.41) is 18.8. The van der Waals surface area contributed by atoms with Gasteiger partial charge in [-0.3, -0.25) is 4.98 Å². The fraction of sp³-hybridized carbons (Fsp3) is 0.533. The van der Waals surface area contributed by atoms with Crippen molar-refractivity contribution >= 4 is 5.69 Å². The van der Waals surface area contributed by atoms with Crippen LogP contribution in [0.5, 0.6) is 0 Å². The molecule has 0 radical (unpaired) electrons. The Labute approximate surface area is 136 Å². The van der Waals surface area contributed by atoms with E-state index in [1.54, 1.807) is 15.8 Å². The quantitative estimate of drug-likeness (QED) is 0.928. The second kappa shape index (κ2) is 5.73. The first-order chi connectivity index (χ1) is 11.2. The zero-order valence-electron chi connectivity index (χ0n) is 13.3. The van der Waals surface area contributed by atoms with Crippen LogP contribution >= 0.6 is 0 Å². The smallest absolute Gasteiger partial charge is 0.381 e. The second-order valence-corrected chi connectivity index (χ2v) is 6.28. The molecule has 0 saturated carbocycles. The largest absolute Gasteiger partial charge is 0.433 e. The van der Waals surface area contributed by atoms with Gasteiger partial charge in [0.1, 0.15) is 17.0 Å². The molecule has 2 aromatic heterocycles. The zero-order valence-corrected chi connectivity index (χ0v) is 13.3. The molecule has 24 heavy (non-hydrogen) atoms. The normalized spacial score (nSPS) is 21.7. The fourth-order valence-corrected chi connectivity index (χ4v) is 2.74. The molecule has 130 valence electrons. The van der Waals surface area contributed by atoms with Crippen LogP contribution in [0.25, 0.3) is 0 Å². The Morgan fingerprint density at radius 3 is 2.71 bits per heavy atom. The monoisotopic (exact) mass is 341 g/mol. The van der Waals surface area contributed by atoms with Crippen LogP contribution in [0.4, 0.5) is 18.9 Å². The lowest BCUT2D eigenvalue weighted by atomic mass is 10.00. The van der Waals surface area contributed by atoms with Crippen molar-refractivity contribution in [3.05, 3.63) is 35.9 Å². The minimum absolute atomic E-state index is 0.113. The maximum Gasteiger partial charge on any atom is 0.433 e. The lowest BCUT2D eigenvalue weighted by molar-refractivity contribution is -0.141. The molecule has 0 aromatic carbocycles. The summed E-state index contributed by atoms with van der Waals surface area (Å²) in [7, 11) is 0. The second-order valence-electron chi connectivity index (χ2n) is 6.28. The topological polar surface area (TPSA) is 67.1 Å². The van der Waals surface area contributed by atoms with Gasteiger partial charge in [-0.1, -0.05) is 5.21 Å². The van der Waals surface area contributed by atoms with Crippen LogP contribution in [0.15, 0.2) is 24.5 Å². The van der Waals surface area contributed by atoms with E-state index in [0.29, 0.717) is 24.3 Å². The number of hydrogen-bond acceptors (Lipinski definition) is 5. The van der Waals surface area contributed by atoms with Crippen LogP contribution in [0.3, 0.4) is 0 Å². The van der Waals surface area contributed by atoms with Crippen LogP contribution in [0.1, 0.15) is 37.7 Å². The maximum absolute atomic E-state index is 12.8. The lowest BCUT2D eigenvalue weighted by Crippen LogP contribution is -2.31. The van der Waals surface area contributed by atoms with Crippen molar-refractivity contribution in [2.24, 2.45) is 0 Å². The molecule has 1 saturated heterocycles. The molecule has 0 spiro atoms. The molecular weight excluding hydrogens is 323 g/mol. The molecule has 1 N–H and O–H groups in total. The van der Waals surface area contributed by atoms with Crippen LogP contribution < -0.4 is 4.90 Å². The van der Waals surface area contributed by atoms with Gasteiger partial charge in [0.05, 0.1) is 12.7 Å². The highest BCUT2D eigenvalue weighted by Crippen LogP contribution is 2.35. The Kier molecular flexibility index (Phi) is 3.98.